The smallest absolute Gasteiger partial charge is 0.337 e. The summed E-state index contributed by atoms with van der Waals surface area (Å²) >= 11 is 0. The molecule has 0 saturated heterocycles. The molecule has 0 atom stereocenters. The van der Waals surface area contributed by atoms with E-state index in [9.17, 15) is 4.79 Å². The minimum atomic E-state index is -0.0775. The van der Waals surface area contributed by atoms with E-state index in [0.29, 0.717) is 6.42 Å². The van der Waals surface area contributed by atoms with E-state index in [0.717, 1.165) is 0 Å². The van der Waals surface area contributed by atoms with Crippen molar-refractivity contribution in [3.63, 3.8) is 0 Å². The van der Waals surface area contributed by atoms with Gasteiger partial charge in [-0.15, -0.1) is 0 Å². The van der Waals surface area contributed by atoms with Gasteiger partial charge in [-0.1, -0.05) is 13.8 Å². The Hall–Kier alpha value is 0.410. The first kappa shape index (κ1) is 12.1. The summed E-state index contributed by atoms with van der Waals surface area (Å²) in [6.07, 6.45) is 0.576. The number of hydrogen-bond donors (Lipinski definition) is 0. The van der Waals surface area contributed by atoms with Crippen molar-refractivity contribution in [3.8, 4) is 0 Å². The first-order chi connectivity index (χ1) is 3.42. The molecule has 0 N–H and O–H groups in total. The van der Waals surface area contributed by atoms with Gasteiger partial charge in [0.1, 0.15) is 5.78 Å². The van der Waals surface area contributed by atoms with E-state index in [4.69, 9.17) is 0 Å². The van der Waals surface area contributed by atoms with Crippen LogP contribution in [0.3, 0.4) is 0 Å². The molecule has 0 unspecified atom stereocenters. The fourth-order valence-electron chi connectivity index (χ4n) is 0.674. The van der Waals surface area contributed by atoms with Gasteiger partial charge in [-0.05, 0) is 13.3 Å². The second kappa shape index (κ2) is 4.26. The van der Waals surface area contributed by atoms with Gasteiger partial charge in [0.05, 0.1) is 0 Å². The van der Waals surface area contributed by atoms with Crippen molar-refractivity contribution >= 4 is 5.78 Å². The maximum atomic E-state index is 10.4. The quantitative estimate of drug-likeness (QED) is 0.562. The molecule has 0 amide bonds. The summed E-state index contributed by atoms with van der Waals surface area (Å²) < 4.78 is 0. The minimum Gasteiger partial charge on any atom is -0.337 e. The average molecular weight is 310 g/mol. The Labute approximate surface area is 72.7 Å². The molecule has 0 saturated carbocycles. The van der Waals surface area contributed by atoms with Gasteiger partial charge in [0.15, 0.2) is 0 Å². The van der Waals surface area contributed by atoms with Crippen molar-refractivity contribution < 1.29 is 27.2 Å². The second-order valence-electron chi connectivity index (χ2n) is 3.04. The molecule has 58 valence electrons. The van der Waals surface area contributed by atoms with Crippen LogP contribution in [-0.2, 0) is 27.2 Å². The van der Waals surface area contributed by atoms with Crippen LogP contribution in [0.15, 0.2) is 0 Å². The molecular formula is C7H13AuO. The molecular weight excluding hydrogens is 297 g/mol. The van der Waals surface area contributed by atoms with Gasteiger partial charge in [-0.25, -0.2) is 0 Å². The first-order valence-corrected chi connectivity index (χ1v) is 2.76. The zero-order chi connectivity index (χ0) is 6.78. The van der Waals surface area contributed by atoms with Crippen LogP contribution in [-0.4, -0.2) is 5.78 Å². The topological polar surface area (TPSA) is 17.1 Å². The Morgan fingerprint density at radius 2 is 1.89 bits per heavy atom. The predicted octanol–water partition coefficient (Wildman–Crippen LogP) is 1.82. The van der Waals surface area contributed by atoms with Gasteiger partial charge in [0.25, 0.3) is 0 Å². The van der Waals surface area contributed by atoms with Crippen molar-refractivity contribution in [1.29, 1.82) is 0 Å². The third-order valence-electron chi connectivity index (χ3n) is 0.727. The van der Waals surface area contributed by atoms with Crippen LogP contribution in [0, 0.1) is 12.3 Å². The van der Waals surface area contributed by atoms with Crippen molar-refractivity contribution in [2.75, 3.05) is 0 Å². The summed E-state index contributed by atoms with van der Waals surface area (Å²) in [4.78, 5) is 10.4. The number of Topliss-reactive ketones (excluding diaryl/α,β-unsaturated/α-hetero) is 1. The Balaban J connectivity index is 0. The first-order valence-electron chi connectivity index (χ1n) is 2.76. The fourth-order valence-corrected chi connectivity index (χ4v) is 0.674. The molecule has 0 heterocycles. The van der Waals surface area contributed by atoms with Gasteiger partial charge >= 0.3 is 22.4 Å². The molecule has 0 fully saturated rings. The SMILES string of the molecule is [Au+].[CH2-]C(C)(C)CC(C)=O. The minimum absolute atomic E-state index is 0. The van der Waals surface area contributed by atoms with Crippen LogP contribution in [0.1, 0.15) is 27.2 Å². The van der Waals surface area contributed by atoms with Gasteiger partial charge < -0.3 is 11.7 Å². The fraction of sp³-hybridized carbons (Fsp3) is 0.714. The third kappa shape index (κ3) is 11.8. The standard InChI is InChI=1S/C7H13O.Au/c1-6(8)5-7(2,3)4;/h2,5H2,1,3-4H3;/q-1;+1. The summed E-state index contributed by atoms with van der Waals surface area (Å²) in [7, 11) is 0. The van der Waals surface area contributed by atoms with Crippen LogP contribution in [0.5, 0.6) is 0 Å². The third-order valence-corrected chi connectivity index (χ3v) is 0.727. The second-order valence-corrected chi connectivity index (χ2v) is 3.04. The maximum absolute atomic E-state index is 10.4. The largest absolute Gasteiger partial charge is 1.00 e. The molecule has 0 spiro atoms. The number of carbonyl (C=O) groups excluding carboxylic acids is 1. The van der Waals surface area contributed by atoms with Gasteiger partial charge in [0, 0.05) is 0 Å². The van der Waals surface area contributed by atoms with Crippen molar-refractivity contribution in [2.45, 2.75) is 27.2 Å². The van der Waals surface area contributed by atoms with Gasteiger partial charge in [-0.3, -0.25) is 0 Å². The van der Waals surface area contributed by atoms with Crippen molar-refractivity contribution in [1.82, 2.24) is 0 Å². The van der Waals surface area contributed by atoms with Crippen LogP contribution >= 0.6 is 0 Å². The van der Waals surface area contributed by atoms with E-state index < -0.39 is 0 Å². The van der Waals surface area contributed by atoms with Gasteiger partial charge in [0.2, 0.25) is 0 Å². The maximum Gasteiger partial charge on any atom is 1.00 e. The molecule has 0 aliphatic carbocycles. The number of rotatable bonds is 2. The number of hydrogen-bond acceptors (Lipinski definition) is 1. The molecule has 0 aliphatic heterocycles. The van der Waals surface area contributed by atoms with Crippen molar-refractivity contribution in [2.24, 2.45) is 5.41 Å². The molecule has 0 aliphatic rings. The van der Waals surface area contributed by atoms with Crippen LogP contribution < -0.4 is 0 Å². The van der Waals surface area contributed by atoms with E-state index in [1.54, 1.807) is 6.92 Å². The summed E-state index contributed by atoms with van der Waals surface area (Å²) in [6.45, 7) is 9.29. The molecule has 0 aromatic carbocycles. The van der Waals surface area contributed by atoms with Crippen LogP contribution in [0.2, 0.25) is 0 Å². The molecule has 0 bridgehead atoms. The Bertz CT molecular complexity index is 91.6. The van der Waals surface area contributed by atoms with Gasteiger partial charge in [-0.2, -0.15) is 5.41 Å². The zero-order valence-corrected chi connectivity index (χ0v) is 8.29. The van der Waals surface area contributed by atoms with E-state index in [1.165, 1.54) is 0 Å². The molecule has 1 nitrogen and oxygen atoms in total. The van der Waals surface area contributed by atoms with Crippen molar-refractivity contribution in [3.05, 3.63) is 6.92 Å². The zero-order valence-electron chi connectivity index (χ0n) is 6.12. The Kier molecular flexibility index (Phi) is 5.74. The summed E-state index contributed by atoms with van der Waals surface area (Å²) in [5.74, 6) is 0.213. The van der Waals surface area contributed by atoms with E-state index >= 15 is 0 Å². The number of carbonyl (C=O) groups is 1. The Morgan fingerprint density at radius 1 is 1.56 bits per heavy atom. The van der Waals surface area contributed by atoms with E-state index in [-0.39, 0.29) is 33.6 Å². The van der Waals surface area contributed by atoms with Crippen LogP contribution in [0.4, 0.5) is 0 Å². The average Bonchev–Trinajstić information content (AvgIpc) is 1.21. The Morgan fingerprint density at radius 3 is 1.89 bits per heavy atom. The molecule has 0 radical (unpaired) electrons. The summed E-state index contributed by atoms with van der Waals surface area (Å²) in [6, 6.07) is 0. The van der Waals surface area contributed by atoms with E-state index in [2.05, 4.69) is 6.92 Å². The van der Waals surface area contributed by atoms with Crippen LogP contribution in [0.25, 0.3) is 0 Å². The molecule has 0 aromatic heterocycles. The summed E-state index contributed by atoms with van der Waals surface area (Å²) in [5, 5.41) is 0. The van der Waals surface area contributed by atoms with E-state index in [1.807, 2.05) is 13.8 Å². The molecule has 9 heavy (non-hydrogen) atoms. The number of ketones is 1. The summed E-state index contributed by atoms with van der Waals surface area (Å²) in [5.41, 5.74) is -0.0775. The molecule has 0 aromatic rings. The molecule has 0 rings (SSSR count). The normalized spacial score (nSPS) is 10.2. The monoisotopic (exact) mass is 310 g/mol. The molecule has 2 heteroatoms. The predicted molar refractivity (Wildman–Crippen MR) is 34.4 cm³/mol.